The number of hydrogen-bond acceptors (Lipinski definition) is 6. The molecule has 1 aromatic rings. The average molecular weight is 398 g/mol. The van der Waals surface area contributed by atoms with E-state index in [9.17, 15) is 18.0 Å². The molecule has 0 saturated carbocycles. The molecule has 9 heteroatoms. The lowest BCUT2D eigenvalue weighted by Gasteiger charge is -2.35. The highest BCUT2D eigenvalue weighted by Crippen LogP contribution is 2.17. The third-order valence-electron chi connectivity index (χ3n) is 3.79. The van der Waals surface area contributed by atoms with Gasteiger partial charge < -0.3 is 18.7 Å². The molecule has 8 nitrogen and oxygen atoms in total. The molecule has 150 valence electrons. The summed E-state index contributed by atoms with van der Waals surface area (Å²) in [5.74, 6) is 0.0906. The molecular weight excluding hydrogens is 372 g/mol. The predicted octanol–water partition coefficient (Wildman–Crippen LogP) is 1.65. The normalized spacial score (nSPS) is 15.4. The molecule has 1 heterocycles. The Morgan fingerprint density at radius 3 is 2.22 bits per heavy atom. The maximum Gasteiger partial charge on any atom is 0.410 e. The maximum absolute atomic E-state index is 12.5. The molecule has 2 amide bonds. The summed E-state index contributed by atoms with van der Waals surface area (Å²) in [6.07, 6.45) is 0.725. The van der Waals surface area contributed by atoms with Crippen molar-refractivity contribution in [1.29, 1.82) is 0 Å². The van der Waals surface area contributed by atoms with Crippen LogP contribution >= 0.6 is 0 Å². The lowest BCUT2D eigenvalue weighted by molar-refractivity contribution is -0.132. The van der Waals surface area contributed by atoms with Gasteiger partial charge in [-0.25, -0.2) is 4.79 Å². The lowest BCUT2D eigenvalue weighted by atomic mass is 10.1. The summed E-state index contributed by atoms with van der Waals surface area (Å²) in [6.45, 7) is 7.12. The van der Waals surface area contributed by atoms with Gasteiger partial charge in [-0.05, 0) is 38.5 Å². The summed E-state index contributed by atoms with van der Waals surface area (Å²) < 4.78 is 32.6. The van der Waals surface area contributed by atoms with Crippen molar-refractivity contribution < 1.29 is 26.9 Å². The number of carbonyl (C=O) groups excluding carboxylic acids is 2. The highest BCUT2D eigenvalue weighted by atomic mass is 32.2. The minimum absolute atomic E-state index is 0.0876. The van der Waals surface area contributed by atoms with Gasteiger partial charge in [-0.3, -0.25) is 4.79 Å². The number of nitrogens with zero attached hydrogens (tertiary/aromatic N) is 2. The molecule has 0 radical (unpaired) electrons. The molecule has 0 bridgehead atoms. The largest absolute Gasteiger partial charge is 0.444 e. The van der Waals surface area contributed by atoms with Crippen molar-refractivity contribution in [3.8, 4) is 5.75 Å². The standard InChI is InChI=1S/C18H26N2O6S/c1-18(2,3)25-17(22)20-10-8-19(9-11-20)16(21)13-14-6-5-7-15(12-14)26-27(4,23)24/h5-7,12H,8-11,13H2,1-4H3. The third kappa shape index (κ3) is 7.09. The van der Waals surface area contributed by atoms with Gasteiger partial charge in [0.15, 0.2) is 0 Å². The van der Waals surface area contributed by atoms with E-state index in [-0.39, 0.29) is 24.2 Å². The first-order valence-corrected chi connectivity index (χ1v) is 10.5. The second kappa shape index (κ2) is 8.16. The van der Waals surface area contributed by atoms with Crippen LogP contribution < -0.4 is 4.18 Å². The van der Waals surface area contributed by atoms with Crippen LogP contribution in [0.4, 0.5) is 4.79 Å². The molecule has 1 aliphatic rings. The van der Waals surface area contributed by atoms with E-state index in [1.807, 2.05) is 20.8 Å². The van der Waals surface area contributed by atoms with E-state index in [1.54, 1.807) is 21.9 Å². The van der Waals surface area contributed by atoms with Crippen molar-refractivity contribution in [1.82, 2.24) is 9.80 Å². The Kier molecular flexibility index (Phi) is 6.35. The summed E-state index contributed by atoms with van der Waals surface area (Å²) in [5.41, 5.74) is 0.110. The summed E-state index contributed by atoms with van der Waals surface area (Å²) in [7, 11) is -3.61. The van der Waals surface area contributed by atoms with Gasteiger partial charge in [-0.15, -0.1) is 0 Å². The van der Waals surface area contributed by atoms with Crippen molar-refractivity contribution >= 4 is 22.1 Å². The van der Waals surface area contributed by atoms with Crippen LogP contribution in [0.5, 0.6) is 5.75 Å². The molecule has 2 rings (SSSR count). The minimum atomic E-state index is -3.61. The van der Waals surface area contributed by atoms with E-state index in [0.717, 1.165) is 6.26 Å². The molecule has 0 aromatic heterocycles. The SMILES string of the molecule is CC(C)(C)OC(=O)N1CCN(C(=O)Cc2cccc(OS(C)(=O)=O)c2)CC1. The molecular formula is C18H26N2O6S. The van der Waals surface area contributed by atoms with Gasteiger partial charge in [-0.1, -0.05) is 12.1 Å². The Labute approximate surface area is 160 Å². The second-order valence-corrected chi connectivity index (χ2v) is 9.03. The highest BCUT2D eigenvalue weighted by Gasteiger charge is 2.27. The Morgan fingerprint density at radius 2 is 1.67 bits per heavy atom. The first-order chi connectivity index (χ1) is 12.4. The quantitative estimate of drug-likeness (QED) is 0.716. The minimum Gasteiger partial charge on any atom is -0.444 e. The number of hydrogen-bond donors (Lipinski definition) is 0. The zero-order chi connectivity index (χ0) is 20.2. The van der Waals surface area contributed by atoms with E-state index >= 15 is 0 Å². The van der Waals surface area contributed by atoms with Gasteiger partial charge in [-0.2, -0.15) is 8.42 Å². The monoisotopic (exact) mass is 398 g/mol. The Balaban J connectivity index is 1.89. The number of ether oxygens (including phenoxy) is 1. The molecule has 27 heavy (non-hydrogen) atoms. The fraction of sp³-hybridized carbons (Fsp3) is 0.556. The van der Waals surface area contributed by atoms with Gasteiger partial charge in [0.25, 0.3) is 0 Å². The van der Waals surface area contributed by atoms with Crippen LogP contribution in [0.15, 0.2) is 24.3 Å². The van der Waals surface area contributed by atoms with Crippen LogP contribution in [0, 0.1) is 0 Å². The highest BCUT2D eigenvalue weighted by molar-refractivity contribution is 7.86. The predicted molar refractivity (Wildman–Crippen MR) is 100 cm³/mol. The Morgan fingerprint density at radius 1 is 1.07 bits per heavy atom. The molecule has 0 aliphatic carbocycles. The fourth-order valence-electron chi connectivity index (χ4n) is 2.63. The Bertz CT molecular complexity index is 792. The number of benzene rings is 1. The van der Waals surface area contributed by atoms with Crippen LogP contribution in [0.1, 0.15) is 26.3 Å². The topological polar surface area (TPSA) is 93.2 Å². The zero-order valence-electron chi connectivity index (χ0n) is 16.1. The number of carbonyl (C=O) groups is 2. The van der Waals surface area contributed by atoms with Crippen LogP contribution in [-0.2, 0) is 26.1 Å². The van der Waals surface area contributed by atoms with Crippen LogP contribution in [0.25, 0.3) is 0 Å². The van der Waals surface area contributed by atoms with Crippen LogP contribution in [-0.4, -0.2) is 68.3 Å². The van der Waals surface area contributed by atoms with Crippen LogP contribution in [0.2, 0.25) is 0 Å². The zero-order valence-corrected chi connectivity index (χ0v) is 16.9. The summed E-state index contributed by atoms with van der Waals surface area (Å²) in [4.78, 5) is 27.8. The first-order valence-electron chi connectivity index (χ1n) is 8.67. The average Bonchev–Trinajstić information content (AvgIpc) is 2.52. The van der Waals surface area contributed by atoms with E-state index in [2.05, 4.69) is 0 Å². The van der Waals surface area contributed by atoms with Crippen molar-refractivity contribution in [3.63, 3.8) is 0 Å². The van der Waals surface area contributed by atoms with Crippen molar-refractivity contribution in [2.45, 2.75) is 32.8 Å². The van der Waals surface area contributed by atoms with Gasteiger partial charge in [0, 0.05) is 26.2 Å². The summed E-state index contributed by atoms with van der Waals surface area (Å²) in [6, 6.07) is 6.44. The fourth-order valence-corrected chi connectivity index (χ4v) is 3.09. The molecule has 0 spiro atoms. The molecule has 1 saturated heterocycles. The Hall–Kier alpha value is -2.29. The number of piperazine rings is 1. The van der Waals surface area contributed by atoms with Gasteiger partial charge in [0.05, 0.1) is 12.7 Å². The van der Waals surface area contributed by atoms with Gasteiger partial charge in [0.2, 0.25) is 5.91 Å². The number of rotatable bonds is 4. The van der Waals surface area contributed by atoms with E-state index < -0.39 is 15.7 Å². The van der Waals surface area contributed by atoms with Gasteiger partial charge >= 0.3 is 16.2 Å². The third-order valence-corrected chi connectivity index (χ3v) is 4.28. The maximum atomic E-state index is 12.5. The molecule has 0 atom stereocenters. The van der Waals surface area contributed by atoms with Gasteiger partial charge in [0.1, 0.15) is 11.4 Å². The summed E-state index contributed by atoms with van der Waals surface area (Å²) >= 11 is 0. The van der Waals surface area contributed by atoms with Crippen molar-refractivity contribution in [3.05, 3.63) is 29.8 Å². The van der Waals surface area contributed by atoms with E-state index in [4.69, 9.17) is 8.92 Å². The second-order valence-electron chi connectivity index (χ2n) is 7.46. The van der Waals surface area contributed by atoms with E-state index in [0.29, 0.717) is 31.7 Å². The molecule has 1 fully saturated rings. The molecule has 0 N–H and O–H groups in total. The van der Waals surface area contributed by atoms with Crippen molar-refractivity contribution in [2.24, 2.45) is 0 Å². The first kappa shape index (κ1) is 21.0. The summed E-state index contributed by atoms with van der Waals surface area (Å²) in [5, 5.41) is 0. The van der Waals surface area contributed by atoms with Crippen LogP contribution in [0.3, 0.4) is 0 Å². The molecule has 1 aliphatic heterocycles. The number of amides is 2. The van der Waals surface area contributed by atoms with E-state index in [1.165, 1.54) is 12.1 Å². The lowest BCUT2D eigenvalue weighted by Crippen LogP contribution is -2.51. The van der Waals surface area contributed by atoms with Crippen molar-refractivity contribution in [2.75, 3.05) is 32.4 Å². The smallest absolute Gasteiger partial charge is 0.410 e. The molecule has 1 aromatic carbocycles. The molecule has 0 unspecified atom stereocenters.